The van der Waals surface area contributed by atoms with Crippen LogP contribution in [0.2, 0.25) is 0 Å². The van der Waals surface area contributed by atoms with Crippen LogP contribution in [-0.4, -0.2) is 36.4 Å². The van der Waals surface area contributed by atoms with Gasteiger partial charge in [-0.25, -0.2) is 0 Å². The van der Waals surface area contributed by atoms with Gasteiger partial charge in [0.05, 0.1) is 17.0 Å². The summed E-state index contributed by atoms with van der Waals surface area (Å²) in [5, 5.41) is 13.9. The number of thioether (sulfide) groups is 1. The van der Waals surface area contributed by atoms with E-state index in [4.69, 9.17) is 0 Å². The maximum atomic E-state index is 13.3. The Balaban J connectivity index is 1.45. The number of carbonyl (C=O) groups excluding carboxylic acids is 1. The lowest BCUT2D eigenvalue weighted by Crippen LogP contribution is -2.18. The van der Waals surface area contributed by atoms with Crippen LogP contribution in [-0.2, 0) is 12.8 Å². The first-order valence-electron chi connectivity index (χ1n) is 9.85. The normalized spacial score (nSPS) is 13.6. The molecular weight excluding hydrogens is 382 g/mol. The van der Waals surface area contributed by atoms with Crippen molar-refractivity contribution in [2.75, 3.05) is 5.75 Å². The predicted molar refractivity (Wildman–Crippen MR) is 114 cm³/mol. The van der Waals surface area contributed by atoms with E-state index in [0.29, 0.717) is 5.16 Å². The van der Waals surface area contributed by atoms with Crippen LogP contribution < -0.4 is 0 Å². The fourth-order valence-corrected chi connectivity index (χ4v) is 4.93. The fourth-order valence-electron chi connectivity index (χ4n) is 4.19. The van der Waals surface area contributed by atoms with Crippen molar-refractivity contribution in [1.29, 1.82) is 0 Å². The Morgan fingerprint density at radius 2 is 1.86 bits per heavy atom. The first-order valence-corrected chi connectivity index (χ1v) is 10.8. The summed E-state index contributed by atoms with van der Waals surface area (Å²) >= 11 is 1.38. The smallest absolute Gasteiger partial charge is 0.241 e. The van der Waals surface area contributed by atoms with Crippen LogP contribution >= 0.6 is 11.8 Å². The minimum Gasteiger partial charge on any atom is -0.283 e. The van der Waals surface area contributed by atoms with E-state index >= 15 is 0 Å². The zero-order chi connectivity index (χ0) is 19.8. The molecule has 1 aliphatic carbocycles. The number of aromatic nitrogens is 5. The summed E-state index contributed by atoms with van der Waals surface area (Å²) < 4.78 is 3.63. The van der Waals surface area contributed by atoms with E-state index in [2.05, 4.69) is 27.7 Å². The molecule has 0 unspecified atom stereocenters. The summed E-state index contributed by atoms with van der Waals surface area (Å²) in [6, 6.07) is 16.2. The number of tetrazole rings is 1. The fraction of sp³-hybridized carbons (Fsp3) is 0.273. The minimum atomic E-state index is 0.0775. The number of benzene rings is 2. The lowest BCUT2D eigenvalue weighted by Gasteiger charge is -2.15. The van der Waals surface area contributed by atoms with E-state index in [-0.39, 0.29) is 11.7 Å². The molecule has 0 saturated carbocycles. The monoisotopic (exact) mass is 403 g/mol. The van der Waals surface area contributed by atoms with E-state index < -0.39 is 0 Å². The minimum absolute atomic E-state index is 0.0775. The first kappa shape index (κ1) is 18.1. The molecule has 2 aromatic heterocycles. The maximum absolute atomic E-state index is 13.3. The van der Waals surface area contributed by atoms with Crippen molar-refractivity contribution in [2.24, 2.45) is 0 Å². The number of nitrogens with zero attached hydrogens (tertiary/aromatic N) is 5. The van der Waals surface area contributed by atoms with Gasteiger partial charge in [0, 0.05) is 11.1 Å². The standard InChI is InChI=1S/C22H21N5OS/c1-15-8-2-5-11-18(15)27-22(23-24-25-27)29-14-21(28)26-19-12-6-3-9-16(19)17-10-4-7-13-20(17)26/h2-3,5-6,8-9,11-12H,4,7,10,13-14H2,1H3. The van der Waals surface area contributed by atoms with Gasteiger partial charge in [-0.15, -0.1) is 5.10 Å². The van der Waals surface area contributed by atoms with Gasteiger partial charge in [-0.3, -0.25) is 9.36 Å². The average Bonchev–Trinajstić information content (AvgIpc) is 3.35. The van der Waals surface area contributed by atoms with Crippen molar-refractivity contribution in [3.05, 3.63) is 65.4 Å². The second kappa shape index (κ2) is 7.48. The molecule has 4 aromatic rings. The van der Waals surface area contributed by atoms with Crippen LogP contribution in [0.5, 0.6) is 0 Å². The zero-order valence-corrected chi connectivity index (χ0v) is 17.0. The molecule has 0 fully saturated rings. The van der Waals surface area contributed by atoms with Crippen LogP contribution in [0, 0.1) is 6.92 Å². The lowest BCUT2D eigenvalue weighted by molar-refractivity contribution is 0.0943. The molecule has 2 aromatic carbocycles. The molecule has 5 rings (SSSR count). The van der Waals surface area contributed by atoms with Crippen molar-refractivity contribution >= 4 is 28.6 Å². The van der Waals surface area contributed by atoms with E-state index in [9.17, 15) is 4.79 Å². The summed E-state index contributed by atoms with van der Waals surface area (Å²) in [4.78, 5) is 13.3. The second-order valence-corrected chi connectivity index (χ2v) is 8.27. The number of rotatable bonds is 4. The Bertz CT molecular complexity index is 1210. The largest absolute Gasteiger partial charge is 0.283 e. The number of aryl methyl sites for hydroxylation is 2. The Labute approximate surface area is 172 Å². The molecule has 0 saturated heterocycles. The molecule has 7 heteroatoms. The molecule has 0 amide bonds. The molecule has 0 atom stereocenters. The van der Waals surface area contributed by atoms with Gasteiger partial charge in [0.1, 0.15) is 0 Å². The van der Waals surface area contributed by atoms with Gasteiger partial charge in [0.2, 0.25) is 11.1 Å². The summed E-state index contributed by atoms with van der Waals surface area (Å²) in [5.41, 5.74) is 5.55. The Kier molecular flexibility index (Phi) is 4.67. The van der Waals surface area contributed by atoms with Gasteiger partial charge in [-0.2, -0.15) is 4.68 Å². The Morgan fingerprint density at radius 3 is 2.76 bits per heavy atom. The third-order valence-corrected chi connectivity index (χ3v) is 6.44. The van der Waals surface area contributed by atoms with Crippen molar-refractivity contribution in [3.8, 4) is 5.69 Å². The average molecular weight is 404 g/mol. The molecule has 6 nitrogen and oxygen atoms in total. The highest BCUT2D eigenvalue weighted by atomic mass is 32.2. The van der Waals surface area contributed by atoms with Crippen molar-refractivity contribution in [3.63, 3.8) is 0 Å². The van der Waals surface area contributed by atoms with E-state index in [0.717, 1.165) is 36.0 Å². The van der Waals surface area contributed by atoms with Crippen molar-refractivity contribution < 1.29 is 4.79 Å². The Hall–Kier alpha value is -2.93. The molecular formula is C22H21N5OS. The highest BCUT2D eigenvalue weighted by molar-refractivity contribution is 7.99. The van der Waals surface area contributed by atoms with Crippen molar-refractivity contribution in [1.82, 2.24) is 24.8 Å². The van der Waals surface area contributed by atoms with Gasteiger partial charge >= 0.3 is 0 Å². The van der Waals surface area contributed by atoms with Crippen molar-refractivity contribution in [2.45, 2.75) is 37.8 Å². The molecule has 0 bridgehead atoms. The number of hydrogen-bond acceptors (Lipinski definition) is 5. The van der Waals surface area contributed by atoms with Gasteiger partial charge < -0.3 is 0 Å². The van der Waals surface area contributed by atoms with Crippen LogP contribution in [0.1, 0.15) is 34.5 Å². The topological polar surface area (TPSA) is 65.6 Å². The molecule has 0 spiro atoms. The van der Waals surface area contributed by atoms with Crippen LogP contribution in [0.25, 0.3) is 16.6 Å². The zero-order valence-electron chi connectivity index (χ0n) is 16.2. The molecule has 0 radical (unpaired) electrons. The summed E-state index contributed by atoms with van der Waals surface area (Å²) in [7, 11) is 0. The highest BCUT2D eigenvalue weighted by Crippen LogP contribution is 2.32. The number of carbonyl (C=O) groups is 1. The summed E-state index contributed by atoms with van der Waals surface area (Å²) in [6.07, 6.45) is 4.33. The van der Waals surface area contributed by atoms with E-state index in [1.807, 2.05) is 47.9 Å². The molecule has 1 aliphatic rings. The van der Waals surface area contributed by atoms with E-state index in [1.54, 1.807) is 4.68 Å². The number of fused-ring (bicyclic) bond motifs is 3. The van der Waals surface area contributed by atoms with Crippen LogP contribution in [0.4, 0.5) is 0 Å². The number of hydrogen-bond donors (Lipinski definition) is 0. The van der Waals surface area contributed by atoms with E-state index in [1.165, 1.54) is 34.8 Å². The molecule has 146 valence electrons. The highest BCUT2D eigenvalue weighted by Gasteiger charge is 2.23. The third-order valence-electron chi connectivity index (χ3n) is 5.54. The van der Waals surface area contributed by atoms with Gasteiger partial charge in [-0.1, -0.05) is 48.2 Å². The molecule has 0 aliphatic heterocycles. The summed E-state index contributed by atoms with van der Waals surface area (Å²) in [5.74, 6) is 0.367. The van der Waals surface area contributed by atoms with Crippen LogP contribution in [0.3, 0.4) is 0 Å². The van der Waals surface area contributed by atoms with Gasteiger partial charge in [0.25, 0.3) is 0 Å². The maximum Gasteiger partial charge on any atom is 0.241 e. The third kappa shape index (κ3) is 3.15. The lowest BCUT2D eigenvalue weighted by atomic mass is 9.96. The quantitative estimate of drug-likeness (QED) is 0.477. The number of para-hydroxylation sites is 2. The Morgan fingerprint density at radius 1 is 1.07 bits per heavy atom. The molecule has 29 heavy (non-hydrogen) atoms. The van der Waals surface area contributed by atoms with Gasteiger partial charge in [0.15, 0.2) is 0 Å². The summed E-state index contributed by atoms with van der Waals surface area (Å²) in [6.45, 7) is 2.02. The predicted octanol–water partition coefficient (Wildman–Crippen LogP) is 4.24. The first-order chi connectivity index (χ1) is 14.2. The van der Waals surface area contributed by atoms with Gasteiger partial charge in [-0.05, 0) is 66.3 Å². The SMILES string of the molecule is Cc1ccccc1-n1nnnc1SCC(=O)n1c2c(c3ccccc31)CCCC2. The molecule has 0 N–H and O–H groups in total. The molecule has 2 heterocycles. The van der Waals surface area contributed by atoms with Crippen LogP contribution in [0.15, 0.2) is 53.7 Å². The second-order valence-electron chi connectivity index (χ2n) is 7.33.